The van der Waals surface area contributed by atoms with Gasteiger partial charge in [0.1, 0.15) is 0 Å². The fraction of sp³-hybridized carbons (Fsp3) is 0.667. The third-order valence-electron chi connectivity index (χ3n) is 2.54. The van der Waals surface area contributed by atoms with Gasteiger partial charge in [0.25, 0.3) is 0 Å². The number of nitrogens with two attached hydrogens (primary N) is 1. The molecule has 0 unspecified atom stereocenters. The van der Waals surface area contributed by atoms with Crippen molar-refractivity contribution in [3.8, 4) is 0 Å². The molecule has 96 valence electrons. The highest BCUT2D eigenvalue weighted by Crippen LogP contribution is 2.10. The Morgan fingerprint density at radius 2 is 2.00 bits per heavy atom. The van der Waals surface area contributed by atoms with Crippen LogP contribution in [-0.2, 0) is 11.2 Å². The van der Waals surface area contributed by atoms with Gasteiger partial charge < -0.3 is 15.4 Å². The van der Waals surface area contributed by atoms with Gasteiger partial charge in [0.05, 0.1) is 6.61 Å². The van der Waals surface area contributed by atoms with Crippen LogP contribution in [0.2, 0.25) is 0 Å². The van der Waals surface area contributed by atoms with Crippen molar-refractivity contribution in [3.05, 3.63) is 18.0 Å². The second-order valence-electron chi connectivity index (χ2n) is 4.21. The highest BCUT2D eigenvalue weighted by molar-refractivity contribution is 5.31. The van der Waals surface area contributed by atoms with Crippen molar-refractivity contribution in [3.63, 3.8) is 0 Å². The first-order valence-corrected chi connectivity index (χ1v) is 5.95. The Hall–Kier alpha value is -1.20. The number of ether oxygens (including phenoxy) is 1. The lowest BCUT2D eigenvalue weighted by Gasteiger charge is -2.26. The summed E-state index contributed by atoms with van der Waals surface area (Å²) < 4.78 is 5.09. The number of aromatic nitrogens is 2. The second-order valence-corrected chi connectivity index (χ2v) is 4.21. The van der Waals surface area contributed by atoms with Gasteiger partial charge in [-0.2, -0.15) is 0 Å². The maximum Gasteiger partial charge on any atom is 0.225 e. The van der Waals surface area contributed by atoms with Gasteiger partial charge in [-0.15, -0.1) is 0 Å². The first-order chi connectivity index (χ1) is 8.19. The zero-order chi connectivity index (χ0) is 12.7. The molecule has 0 aliphatic heterocycles. The molecule has 2 N–H and O–H groups in total. The number of methoxy groups -OCH3 is 1. The van der Waals surface area contributed by atoms with Crippen molar-refractivity contribution in [2.45, 2.75) is 26.3 Å². The molecule has 0 bridgehead atoms. The Morgan fingerprint density at radius 1 is 1.35 bits per heavy atom. The van der Waals surface area contributed by atoms with Crippen LogP contribution in [0.1, 0.15) is 19.4 Å². The minimum Gasteiger partial charge on any atom is -0.383 e. The van der Waals surface area contributed by atoms with Crippen LogP contribution in [-0.4, -0.2) is 42.8 Å². The van der Waals surface area contributed by atoms with E-state index in [1.165, 1.54) is 0 Å². The zero-order valence-corrected chi connectivity index (χ0v) is 10.9. The van der Waals surface area contributed by atoms with E-state index in [-0.39, 0.29) is 0 Å². The average Bonchev–Trinajstić information content (AvgIpc) is 2.31. The normalized spacial score (nSPS) is 10.9. The van der Waals surface area contributed by atoms with Crippen LogP contribution in [0.15, 0.2) is 12.4 Å². The van der Waals surface area contributed by atoms with Gasteiger partial charge in [-0.1, -0.05) is 0 Å². The van der Waals surface area contributed by atoms with Gasteiger partial charge in [0.15, 0.2) is 0 Å². The van der Waals surface area contributed by atoms with Crippen LogP contribution in [0.25, 0.3) is 0 Å². The van der Waals surface area contributed by atoms with Crippen LogP contribution >= 0.6 is 0 Å². The summed E-state index contributed by atoms with van der Waals surface area (Å²) in [6, 6.07) is 0.352. The van der Waals surface area contributed by atoms with Crippen molar-refractivity contribution in [2.24, 2.45) is 5.73 Å². The van der Waals surface area contributed by atoms with Crippen molar-refractivity contribution in [1.29, 1.82) is 0 Å². The van der Waals surface area contributed by atoms with Crippen molar-refractivity contribution < 1.29 is 4.74 Å². The van der Waals surface area contributed by atoms with E-state index in [1.54, 1.807) is 7.11 Å². The van der Waals surface area contributed by atoms with Crippen LogP contribution in [0.4, 0.5) is 5.95 Å². The monoisotopic (exact) mass is 238 g/mol. The summed E-state index contributed by atoms with van der Waals surface area (Å²) >= 11 is 0. The highest BCUT2D eigenvalue weighted by atomic mass is 16.5. The number of anilines is 1. The first-order valence-electron chi connectivity index (χ1n) is 5.95. The molecular weight excluding hydrogens is 216 g/mol. The Labute approximate surface area is 103 Å². The first kappa shape index (κ1) is 13.9. The molecule has 0 aliphatic carbocycles. The fourth-order valence-corrected chi connectivity index (χ4v) is 1.57. The molecule has 0 aromatic carbocycles. The highest BCUT2D eigenvalue weighted by Gasteiger charge is 2.12. The molecule has 0 amide bonds. The predicted molar refractivity (Wildman–Crippen MR) is 69.1 cm³/mol. The second kappa shape index (κ2) is 7.19. The minimum absolute atomic E-state index is 0.352. The summed E-state index contributed by atoms with van der Waals surface area (Å²) in [4.78, 5) is 10.9. The Bertz CT molecular complexity index is 313. The number of rotatable bonds is 7. The number of hydrogen-bond acceptors (Lipinski definition) is 5. The van der Waals surface area contributed by atoms with Gasteiger partial charge in [-0.3, -0.25) is 0 Å². The van der Waals surface area contributed by atoms with Gasteiger partial charge >= 0.3 is 0 Å². The molecule has 5 heteroatoms. The van der Waals surface area contributed by atoms with E-state index < -0.39 is 0 Å². The maximum absolute atomic E-state index is 5.49. The Kier molecular flexibility index (Phi) is 5.86. The summed E-state index contributed by atoms with van der Waals surface area (Å²) in [5.41, 5.74) is 6.57. The van der Waals surface area contributed by atoms with E-state index in [2.05, 4.69) is 28.7 Å². The van der Waals surface area contributed by atoms with E-state index in [1.807, 2.05) is 12.4 Å². The molecule has 1 heterocycles. The topological polar surface area (TPSA) is 64.3 Å². The van der Waals surface area contributed by atoms with Crippen molar-refractivity contribution >= 4 is 5.95 Å². The molecule has 1 aromatic heterocycles. The molecule has 5 nitrogen and oxygen atoms in total. The van der Waals surface area contributed by atoms with E-state index in [9.17, 15) is 0 Å². The van der Waals surface area contributed by atoms with Crippen LogP contribution in [0.5, 0.6) is 0 Å². The molecule has 0 radical (unpaired) electrons. The smallest absolute Gasteiger partial charge is 0.225 e. The van der Waals surface area contributed by atoms with E-state index >= 15 is 0 Å². The largest absolute Gasteiger partial charge is 0.383 e. The molecule has 0 saturated carbocycles. The Balaban J connectivity index is 2.72. The van der Waals surface area contributed by atoms with Gasteiger partial charge in [-0.25, -0.2) is 9.97 Å². The van der Waals surface area contributed by atoms with Crippen molar-refractivity contribution in [1.82, 2.24) is 9.97 Å². The van der Waals surface area contributed by atoms with E-state index in [0.717, 1.165) is 24.5 Å². The number of nitrogens with zero attached hydrogens (tertiary/aromatic N) is 3. The maximum atomic E-state index is 5.49. The molecule has 0 atom stereocenters. The predicted octanol–water partition coefficient (Wildman–Crippen LogP) is 0.839. The van der Waals surface area contributed by atoms with E-state index in [0.29, 0.717) is 19.2 Å². The van der Waals surface area contributed by atoms with Gasteiger partial charge in [0, 0.05) is 32.1 Å². The van der Waals surface area contributed by atoms with Crippen LogP contribution < -0.4 is 10.6 Å². The lowest BCUT2D eigenvalue weighted by atomic mass is 10.2. The molecule has 0 aliphatic rings. The lowest BCUT2D eigenvalue weighted by molar-refractivity contribution is 0.203. The molecule has 0 spiro atoms. The standard InChI is InChI=1S/C12H22N4O/c1-10(2)16(6-7-17-3)12-14-8-11(4-5-13)9-15-12/h8-10H,4-7,13H2,1-3H3. The fourth-order valence-electron chi connectivity index (χ4n) is 1.57. The molecule has 1 rings (SSSR count). The minimum atomic E-state index is 0.352. The molecule has 1 aromatic rings. The molecule has 17 heavy (non-hydrogen) atoms. The molecule has 0 fully saturated rings. The van der Waals surface area contributed by atoms with Crippen molar-refractivity contribution in [2.75, 3.05) is 31.7 Å². The third kappa shape index (κ3) is 4.28. The van der Waals surface area contributed by atoms with Gasteiger partial charge in [-0.05, 0) is 32.4 Å². The van der Waals surface area contributed by atoms with E-state index in [4.69, 9.17) is 10.5 Å². The third-order valence-corrected chi connectivity index (χ3v) is 2.54. The average molecular weight is 238 g/mol. The van der Waals surface area contributed by atoms with Crippen LogP contribution in [0.3, 0.4) is 0 Å². The van der Waals surface area contributed by atoms with Crippen LogP contribution in [0, 0.1) is 0 Å². The summed E-state index contributed by atoms with van der Waals surface area (Å²) in [6.45, 7) is 6.33. The SMILES string of the molecule is COCCN(c1ncc(CCN)cn1)C(C)C. The quantitative estimate of drug-likeness (QED) is 0.762. The zero-order valence-electron chi connectivity index (χ0n) is 10.9. The van der Waals surface area contributed by atoms with Gasteiger partial charge in [0.2, 0.25) is 5.95 Å². The summed E-state index contributed by atoms with van der Waals surface area (Å²) in [5, 5.41) is 0. The molecule has 0 saturated heterocycles. The lowest BCUT2D eigenvalue weighted by Crippen LogP contribution is -2.35. The summed E-state index contributed by atoms with van der Waals surface area (Å²) in [7, 11) is 1.70. The Morgan fingerprint density at radius 3 is 2.47 bits per heavy atom. The summed E-state index contributed by atoms with van der Waals surface area (Å²) in [5.74, 6) is 0.748. The number of hydrogen-bond donors (Lipinski definition) is 1. The molecular formula is C12H22N4O. The summed E-state index contributed by atoms with van der Waals surface area (Å²) in [6.07, 6.45) is 4.51.